The standard InChI is InChI=1S/C15H15ClN2O/c1-4-18-9(3)8(2)14-12(18)6-5-11-15(14)10(16)7-13(19)17-11/h5-7H,4H2,1-3H3,(H,17,19). The van der Waals surface area contributed by atoms with Crippen molar-refractivity contribution in [2.45, 2.75) is 27.3 Å². The number of aryl methyl sites for hydroxylation is 2. The van der Waals surface area contributed by atoms with Gasteiger partial charge in [0, 0.05) is 34.6 Å². The van der Waals surface area contributed by atoms with Crippen LogP contribution in [0.5, 0.6) is 0 Å². The summed E-state index contributed by atoms with van der Waals surface area (Å²) in [6.45, 7) is 7.27. The highest BCUT2D eigenvalue weighted by Crippen LogP contribution is 2.34. The number of pyridine rings is 1. The van der Waals surface area contributed by atoms with E-state index in [2.05, 4.69) is 30.3 Å². The summed E-state index contributed by atoms with van der Waals surface area (Å²) in [7, 11) is 0. The van der Waals surface area contributed by atoms with Crippen LogP contribution in [0.15, 0.2) is 23.0 Å². The van der Waals surface area contributed by atoms with Gasteiger partial charge in [0.15, 0.2) is 0 Å². The zero-order valence-corrected chi connectivity index (χ0v) is 11.9. The van der Waals surface area contributed by atoms with Gasteiger partial charge in [-0.2, -0.15) is 0 Å². The summed E-state index contributed by atoms with van der Waals surface area (Å²) in [6, 6.07) is 5.42. The average molecular weight is 275 g/mol. The van der Waals surface area contributed by atoms with Crippen molar-refractivity contribution in [1.82, 2.24) is 9.55 Å². The highest BCUT2D eigenvalue weighted by Gasteiger charge is 2.15. The third-order valence-electron chi connectivity index (χ3n) is 3.87. The van der Waals surface area contributed by atoms with E-state index in [1.165, 1.54) is 22.8 Å². The second-order valence-electron chi connectivity index (χ2n) is 4.82. The van der Waals surface area contributed by atoms with E-state index in [1.54, 1.807) is 0 Å². The van der Waals surface area contributed by atoms with Crippen molar-refractivity contribution in [2.24, 2.45) is 0 Å². The summed E-state index contributed by atoms with van der Waals surface area (Å²) in [5.74, 6) is 0. The highest BCUT2D eigenvalue weighted by atomic mass is 35.5. The molecule has 0 unspecified atom stereocenters. The average Bonchev–Trinajstić information content (AvgIpc) is 2.61. The molecule has 0 spiro atoms. The van der Waals surface area contributed by atoms with Crippen molar-refractivity contribution in [3.63, 3.8) is 0 Å². The van der Waals surface area contributed by atoms with E-state index in [9.17, 15) is 4.79 Å². The number of benzene rings is 1. The SMILES string of the molecule is CCn1c(C)c(C)c2c3c(Cl)cc(=O)[nH]c3ccc21. The Hall–Kier alpha value is -1.74. The fraction of sp³-hybridized carbons (Fsp3) is 0.267. The molecule has 0 atom stereocenters. The summed E-state index contributed by atoms with van der Waals surface area (Å²) in [4.78, 5) is 14.4. The summed E-state index contributed by atoms with van der Waals surface area (Å²) >= 11 is 6.29. The van der Waals surface area contributed by atoms with Crippen LogP contribution >= 0.6 is 11.6 Å². The first-order valence-corrected chi connectivity index (χ1v) is 6.73. The minimum atomic E-state index is -0.166. The predicted octanol–water partition coefficient (Wildman–Crippen LogP) is 3.77. The zero-order valence-electron chi connectivity index (χ0n) is 11.2. The minimum Gasteiger partial charge on any atom is -0.345 e. The Morgan fingerprint density at radius 2 is 2.00 bits per heavy atom. The number of hydrogen-bond donors (Lipinski definition) is 1. The molecule has 3 aromatic rings. The number of nitrogens with zero attached hydrogens (tertiary/aromatic N) is 1. The molecule has 0 fully saturated rings. The molecule has 3 rings (SSSR count). The van der Waals surface area contributed by atoms with E-state index in [4.69, 9.17) is 11.6 Å². The number of halogens is 1. The molecule has 0 aliphatic rings. The Morgan fingerprint density at radius 3 is 2.68 bits per heavy atom. The molecule has 0 aliphatic heterocycles. The molecule has 0 bridgehead atoms. The van der Waals surface area contributed by atoms with Crippen LogP contribution in [0, 0.1) is 13.8 Å². The first-order valence-electron chi connectivity index (χ1n) is 6.35. The smallest absolute Gasteiger partial charge is 0.249 e. The van der Waals surface area contributed by atoms with Crippen LogP contribution in [0.2, 0.25) is 5.02 Å². The molecule has 0 aliphatic carbocycles. The van der Waals surface area contributed by atoms with E-state index >= 15 is 0 Å². The summed E-state index contributed by atoms with van der Waals surface area (Å²) < 4.78 is 2.27. The number of H-pyrrole nitrogens is 1. The Morgan fingerprint density at radius 1 is 1.26 bits per heavy atom. The van der Waals surface area contributed by atoms with E-state index in [1.807, 2.05) is 12.1 Å². The molecule has 0 amide bonds. The lowest BCUT2D eigenvalue weighted by atomic mass is 10.1. The maximum Gasteiger partial charge on any atom is 0.249 e. The van der Waals surface area contributed by atoms with Gasteiger partial charge in [-0.25, -0.2) is 0 Å². The van der Waals surface area contributed by atoms with Crippen LogP contribution in [0.25, 0.3) is 21.8 Å². The molecule has 98 valence electrons. The molecule has 0 saturated heterocycles. The van der Waals surface area contributed by atoms with Gasteiger partial charge >= 0.3 is 0 Å². The highest BCUT2D eigenvalue weighted by molar-refractivity contribution is 6.37. The molecule has 1 N–H and O–H groups in total. The lowest BCUT2D eigenvalue weighted by molar-refractivity contribution is 0.766. The molecule has 0 radical (unpaired) electrons. The van der Waals surface area contributed by atoms with Gasteiger partial charge in [0.25, 0.3) is 0 Å². The molecule has 4 heteroatoms. The van der Waals surface area contributed by atoms with Gasteiger partial charge in [-0.05, 0) is 38.5 Å². The Bertz CT molecular complexity index is 858. The minimum absolute atomic E-state index is 0.166. The van der Waals surface area contributed by atoms with Gasteiger partial charge < -0.3 is 9.55 Å². The second-order valence-corrected chi connectivity index (χ2v) is 5.23. The van der Waals surface area contributed by atoms with E-state index in [-0.39, 0.29) is 5.56 Å². The number of nitrogens with one attached hydrogen (secondary N) is 1. The molecule has 19 heavy (non-hydrogen) atoms. The summed E-state index contributed by atoms with van der Waals surface area (Å²) in [5.41, 5.74) is 4.25. The molecule has 3 nitrogen and oxygen atoms in total. The molecule has 2 aromatic heterocycles. The van der Waals surface area contributed by atoms with Crippen molar-refractivity contribution in [3.05, 3.63) is 44.8 Å². The predicted molar refractivity (Wildman–Crippen MR) is 80.2 cm³/mol. The van der Waals surface area contributed by atoms with Crippen LogP contribution in [0.1, 0.15) is 18.2 Å². The van der Waals surface area contributed by atoms with E-state index < -0.39 is 0 Å². The largest absolute Gasteiger partial charge is 0.345 e. The van der Waals surface area contributed by atoms with Crippen LogP contribution < -0.4 is 5.56 Å². The van der Waals surface area contributed by atoms with Crippen molar-refractivity contribution >= 4 is 33.4 Å². The maximum absolute atomic E-state index is 11.5. The van der Waals surface area contributed by atoms with Gasteiger partial charge in [0.2, 0.25) is 5.56 Å². The van der Waals surface area contributed by atoms with Crippen LogP contribution in [-0.2, 0) is 6.54 Å². The molecule has 1 aromatic carbocycles. The molecule has 2 heterocycles. The lowest BCUT2D eigenvalue weighted by Gasteiger charge is -2.05. The van der Waals surface area contributed by atoms with Crippen LogP contribution in [0.4, 0.5) is 0 Å². The molecular formula is C15H15ClN2O. The summed E-state index contributed by atoms with van der Waals surface area (Å²) in [5, 5.41) is 2.59. The van der Waals surface area contributed by atoms with E-state index in [0.29, 0.717) is 5.02 Å². The topological polar surface area (TPSA) is 37.8 Å². The number of hydrogen-bond acceptors (Lipinski definition) is 1. The molecule has 0 saturated carbocycles. The van der Waals surface area contributed by atoms with Crippen LogP contribution in [0.3, 0.4) is 0 Å². The van der Waals surface area contributed by atoms with Crippen LogP contribution in [-0.4, -0.2) is 9.55 Å². The van der Waals surface area contributed by atoms with Gasteiger partial charge in [0.05, 0.1) is 10.5 Å². The van der Waals surface area contributed by atoms with Gasteiger partial charge in [0.1, 0.15) is 0 Å². The normalized spacial score (nSPS) is 11.6. The quantitative estimate of drug-likeness (QED) is 0.721. The van der Waals surface area contributed by atoms with Crippen molar-refractivity contribution in [2.75, 3.05) is 0 Å². The third-order valence-corrected chi connectivity index (χ3v) is 4.17. The van der Waals surface area contributed by atoms with Crippen molar-refractivity contribution in [3.8, 4) is 0 Å². The fourth-order valence-corrected chi connectivity index (χ4v) is 3.17. The van der Waals surface area contributed by atoms with E-state index in [0.717, 1.165) is 22.8 Å². The fourth-order valence-electron chi connectivity index (χ4n) is 2.88. The number of aromatic nitrogens is 2. The maximum atomic E-state index is 11.5. The number of aromatic amines is 1. The lowest BCUT2D eigenvalue weighted by Crippen LogP contribution is -2.03. The monoisotopic (exact) mass is 274 g/mol. The number of fused-ring (bicyclic) bond motifs is 3. The van der Waals surface area contributed by atoms with Gasteiger partial charge in [-0.3, -0.25) is 4.79 Å². The molecular weight excluding hydrogens is 260 g/mol. The first-order chi connectivity index (χ1) is 9.04. The number of rotatable bonds is 1. The third kappa shape index (κ3) is 1.61. The van der Waals surface area contributed by atoms with Crippen molar-refractivity contribution in [1.29, 1.82) is 0 Å². The Kier molecular flexibility index (Phi) is 2.68. The van der Waals surface area contributed by atoms with Gasteiger partial charge in [-0.1, -0.05) is 11.6 Å². The first kappa shape index (κ1) is 12.3. The summed E-state index contributed by atoms with van der Waals surface area (Å²) in [6.07, 6.45) is 0. The van der Waals surface area contributed by atoms with Gasteiger partial charge in [-0.15, -0.1) is 0 Å². The van der Waals surface area contributed by atoms with Crippen molar-refractivity contribution < 1.29 is 0 Å². The Balaban J connectivity index is 2.64. The Labute approximate surface area is 115 Å². The second kappa shape index (κ2) is 4.14. The zero-order chi connectivity index (χ0) is 13.7.